The predicted octanol–water partition coefficient (Wildman–Crippen LogP) is 2.93. The van der Waals surface area contributed by atoms with Crippen molar-refractivity contribution < 1.29 is 40.7 Å². The van der Waals surface area contributed by atoms with Crippen molar-refractivity contribution in [1.29, 1.82) is 0 Å². The average molecular weight is 417 g/mol. The van der Waals surface area contributed by atoms with Gasteiger partial charge in [-0.05, 0) is 46.5 Å². The van der Waals surface area contributed by atoms with Crippen LogP contribution in [0.1, 0.15) is 53.9 Å². The van der Waals surface area contributed by atoms with Crippen LogP contribution < -0.4 is 4.72 Å². The number of alkyl halides is 3. The third kappa shape index (κ3) is 8.04. The highest BCUT2D eigenvalue weighted by Gasteiger charge is 2.44. The lowest BCUT2D eigenvalue weighted by molar-refractivity contribution is -0.137. The highest BCUT2D eigenvalue weighted by molar-refractivity contribution is 7.90. The number of sulfonamides is 1. The summed E-state index contributed by atoms with van der Waals surface area (Å²) in [5.74, 6) is -0.507. The summed E-state index contributed by atoms with van der Waals surface area (Å²) < 4.78 is 75.2. The van der Waals surface area contributed by atoms with E-state index in [-0.39, 0.29) is 18.1 Å². The molecule has 0 radical (unpaired) electrons. The molecule has 1 heterocycles. The molecule has 1 amide bonds. The molecular formula is C16H26F3NO6S. The van der Waals surface area contributed by atoms with Crippen LogP contribution in [0.3, 0.4) is 0 Å². The third-order valence-electron chi connectivity index (χ3n) is 3.94. The number of carbonyl (C=O) groups is 2. The van der Waals surface area contributed by atoms with Gasteiger partial charge in [0.15, 0.2) is 5.78 Å². The lowest BCUT2D eigenvalue weighted by atomic mass is 9.97. The molecule has 0 spiro atoms. The second-order valence-corrected chi connectivity index (χ2v) is 9.79. The van der Waals surface area contributed by atoms with Gasteiger partial charge in [0.25, 0.3) is 0 Å². The Hall–Kier alpha value is -1.36. The Morgan fingerprint density at radius 1 is 1.26 bits per heavy atom. The molecule has 0 aromatic carbocycles. The van der Waals surface area contributed by atoms with Crippen LogP contribution in [0, 0.1) is 5.92 Å². The van der Waals surface area contributed by atoms with E-state index in [1.54, 1.807) is 11.6 Å². The number of nitrogens with one attached hydrogen (secondary N) is 1. The van der Waals surface area contributed by atoms with Crippen molar-refractivity contribution in [1.82, 2.24) is 4.72 Å². The second-order valence-electron chi connectivity index (χ2n) is 7.83. The molecule has 7 nitrogen and oxygen atoms in total. The Labute approximate surface area is 157 Å². The summed E-state index contributed by atoms with van der Waals surface area (Å²) in [4.78, 5) is 23.2. The molecule has 4 unspecified atom stereocenters. The van der Waals surface area contributed by atoms with E-state index in [1.165, 1.54) is 27.7 Å². The van der Waals surface area contributed by atoms with Crippen LogP contribution in [0.15, 0.2) is 0 Å². The number of ether oxygens (including phenoxy) is 2. The first-order valence-electron chi connectivity index (χ1n) is 8.47. The second kappa shape index (κ2) is 8.34. The van der Waals surface area contributed by atoms with Gasteiger partial charge >= 0.3 is 12.3 Å². The van der Waals surface area contributed by atoms with Gasteiger partial charge in [-0.2, -0.15) is 13.2 Å². The summed E-state index contributed by atoms with van der Waals surface area (Å²) in [6.45, 7) is 7.47. The summed E-state index contributed by atoms with van der Waals surface area (Å²) in [5, 5.41) is -1.95. The minimum absolute atomic E-state index is 0.236. The number of amides is 1. The first-order valence-corrected chi connectivity index (χ1v) is 10.0. The Morgan fingerprint density at radius 2 is 1.81 bits per heavy atom. The average Bonchev–Trinajstić information content (AvgIpc) is 2.74. The molecule has 11 heteroatoms. The maximum Gasteiger partial charge on any atom is 0.421 e. The monoisotopic (exact) mass is 417 g/mol. The number of carbonyl (C=O) groups excluding carboxylic acids is 2. The van der Waals surface area contributed by atoms with Gasteiger partial charge in [-0.15, -0.1) is 0 Å². The fraction of sp³-hybridized carbons (Fsp3) is 0.875. The van der Waals surface area contributed by atoms with Crippen molar-refractivity contribution in [3.05, 3.63) is 0 Å². The van der Waals surface area contributed by atoms with E-state index in [4.69, 9.17) is 9.47 Å². The van der Waals surface area contributed by atoms with E-state index >= 15 is 0 Å². The highest BCUT2D eigenvalue weighted by Crippen LogP contribution is 2.33. The van der Waals surface area contributed by atoms with Gasteiger partial charge in [0.05, 0.1) is 17.8 Å². The Morgan fingerprint density at radius 3 is 2.22 bits per heavy atom. The van der Waals surface area contributed by atoms with Crippen molar-refractivity contribution in [2.45, 2.75) is 83.1 Å². The molecule has 0 aromatic heterocycles. The fourth-order valence-electron chi connectivity index (χ4n) is 2.95. The number of hydrogen-bond acceptors (Lipinski definition) is 6. The topological polar surface area (TPSA) is 98.8 Å². The molecule has 4 atom stereocenters. The summed E-state index contributed by atoms with van der Waals surface area (Å²) in [7, 11) is -4.68. The molecule has 0 bridgehead atoms. The predicted molar refractivity (Wildman–Crippen MR) is 90.5 cm³/mol. The molecule has 0 aromatic rings. The van der Waals surface area contributed by atoms with Gasteiger partial charge in [0, 0.05) is 0 Å². The molecule has 1 saturated heterocycles. The zero-order chi connectivity index (χ0) is 21.2. The fourth-order valence-corrected chi connectivity index (χ4v) is 4.27. The van der Waals surface area contributed by atoms with Crippen molar-refractivity contribution in [3.8, 4) is 0 Å². The standard InChI is InChI=1S/C16H26F3NO6S/c1-9-6-11(25-13(9)10(2)21)7-12(8-16(17,18)19)27(23,24)20-14(22)26-15(3,4)5/h9,11-13H,6-8H2,1-5H3,(H,20,22). The number of ketones is 1. The number of hydrogen-bond donors (Lipinski definition) is 1. The summed E-state index contributed by atoms with van der Waals surface area (Å²) in [6.07, 6.45) is -9.62. The van der Waals surface area contributed by atoms with Crippen molar-refractivity contribution in [2.75, 3.05) is 0 Å². The number of halogens is 3. The first-order chi connectivity index (χ1) is 12.0. The smallest absolute Gasteiger partial charge is 0.421 e. The largest absolute Gasteiger partial charge is 0.443 e. The lowest BCUT2D eigenvalue weighted by Gasteiger charge is -2.24. The molecule has 0 saturated carbocycles. The molecule has 1 N–H and O–H groups in total. The quantitative estimate of drug-likeness (QED) is 0.714. The lowest BCUT2D eigenvalue weighted by Crippen LogP contribution is -2.44. The van der Waals surface area contributed by atoms with Gasteiger partial charge in [-0.25, -0.2) is 17.9 Å². The minimum atomic E-state index is -4.77. The third-order valence-corrected chi connectivity index (χ3v) is 5.63. The zero-order valence-electron chi connectivity index (χ0n) is 15.9. The zero-order valence-corrected chi connectivity index (χ0v) is 16.7. The SMILES string of the molecule is CC(=O)C1OC(CC(CC(F)(F)F)S(=O)(=O)NC(=O)OC(C)(C)C)CC1C. The summed E-state index contributed by atoms with van der Waals surface area (Å²) >= 11 is 0. The summed E-state index contributed by atoms with van der Waals surface area (Å²) in [5.41, 5.74) is -1.02. The van der Waals surface area contributed by atoms with E-state index in [0.29, 0.717) is 0 Å². The van der Waals surface area contributed by atoms with Crippen LogP contribution in [0.2, 0.25) is 0 Å². The Kier molecular flexibility index (Phi) is 7.31. The van der Waals surface area contributed by atoms with Crippen LogP contribution in [0.5, 0.6) is 0 Å². The van der Waals surface area contributed by atoms with Crippen LogP contribution in [-0.2, 0) is 24.3 Å². The van der Waals surface area contributed by atoms with E-state index in [1.807, 2.05) is 0 Å². The van der Waals surface area contributed by atoms with E-state index < -0.39 is 58.2 Å². The molecule has 158 valence electrons. The van der Waals surface area contributed by atoms with Gasteiger partial charge in [0.2, 0.25) is 10.0 Å². The van der Waals surface area contributed by atoms with E-state index in [9.17, 15) is 31.2 Å². The number of rotatable bonds is 6. The molecule has 27 heavy (non-hydrogen) atoms. The maximum absolute atomic E-state index is 12.9. The molecule has 1 rings (SSSR count). The van der Waals surface area contributed by atoms with Gasteiger partial charge in [-0.1, -0.05) is 6.92 Å². The first kappa shape index (κ1) is 23.7. The van der Waals surface area contributed by atoms with Crippen LogP contribution in [0.25, 0.3) is 0 Å². The van der Waals surface area contributed by atoms with E-state index in [2.05, 4.69) is 0 Å². The molecule has 0 aliphatic carbocycles. The molecular weight excluding hydrogens is 391 g/mol. The van der Waals surface area contributed by atoms with Crippen molar-refractivity contribution in [3.63, 3.8) is 0 Å². The molecule has 1 fully saturated rings. The Bertz CT molecular complexity index is 656. The van der Waals surface area contributed by atoms with Crippen LogP contribution in [0.4, 0.5) is 18.0 Å². The van der Waals surface area contributed by atoms with Crippen LogP contribution in [-0.4, -0.2) is 49.5 Å². The van der Waals surface area contributed by atoms with Crippen LogP contribution >= 0.6 is 0 Å². The van der Waals surface area contributed by atoms with Crippen molar-refractivity contribution >= 4 is 21.9 Å². The summed E-state index contributed by atoms with van der Waals surface area (Å²) in [6, 6.07) is 0. The van der Waals surface area contributed by atoms with E-state index in [0.717, 1.165) is 0 Å². The molecule has 1 aliphatic rings. The molecule has 1 aliphatic heterocycles. The maximum atomic E-state index is 12.9. The normalized spacial score (nSPS) is 25.1. The van der Waals surface area contributed by atoms with Gasteiger partial charge in [0.1, 0.15) is 11.7 Å². The van der Waals surface area contributed by atoms with Gasteiger partial charge in [-0.3, -0.25) is 4.79 Å². The number of Topliss-reactive ketones (excluding diaryl/α,β-unsaturated/α-hetero) is 1. The minimum Gasteiger partial charge on any atom is -0.443 e. The highest BCUT2D eigenvalue weighted by atomic mass is 32.2. The van der Waals surface area contributed by atoms with Gasteiger partial charge < -0.3 is 9.47 Å². The van der Waals surface area contributed by atoms with Crippen molar-refractivity contribution in [2.24, 2.45) is 5.92 Å². The Balaban J connectivity index is 2.94.